The number of anilines is 2. The molecule has 0 N–H and O–H groups in total. The first-order chi connectivity index (χ1) is 18.3. The summed E-state index contributed by atoms with van der Waals surface area (Å²) < 4.78 is 11.1. The molecule has 7 heteroatoms. The van der Waals surface area contributed by atoms with Crippen molar-refractivity contribution < 1.29 is 19.1 Å². The van der Waals surface area contributed by atoms with Gasteiger partial charge in [0, 0.05) is 5.56 Å². The highest BCUT2D eigenvalue weighted by molar-refractivity contribution is 7.81. The largest absolute Gasteiger partial charge is 0.497 e. The second kappa shape index (κ2) is 10.1. The number of para-hydroxylation sites is 1. The zero-order valence-corrected chi connectivity index (χ0v) is 22.3. The van der Waals surface area contributed by atoms with Crippen molar-refractivity contribution in [3.8, 4) is 11.5 Å². The van der Waals surface area contributed by atoms with Crippen LogP contribution in [0.25, 0.3) is 16.8 Å². The minimum atomic E-state index is -0.506. The number of hydrogen-bond donors (Lipinski definition) is 0. The van der Waals surface area contributed by atoms with Crippen LogP contribution >= 0.6 is 12.2 Å². The van der Waals surface area contributed by atoms with E-state index < -0.39 is 11.8 Å². The van der Waals surface area contributed by atoms with E-state index in [1.807, 2.05) is 80.6 Å². The predicted molar refractivity (Wildman–Crippen MR) is 155 cm³/mol. The van der Waals surface area contributed by atoms with Gasteiger partial charge in [0.15, 0.2) is 5.11 Å². The molecule has 5 rings (SSSR count). The zero-order valence-electron chi connectivity index (χ0n) is 21.5. The molecule has 38 heavy (non-hydrogen) atoms. The van der Waals surface area contributed by atoms with Crippen molar-refractivity contribution in [2.24, 2.45) is 0 Å². The van der Waals surface area contributed by atoms with Gasteiger partial charge in [-0.25, -0.2) is 0 Å². The Bertz CT molecular complexity index is 1620. The highest BCUT2D eigenvalue weighted by Crippen LogP contribution is 2.35. The van der Waals surface area contributed by atoms with Crippen molar-refractivity contribution in [2.45, 2.75) is 13.8 Å². The van der Waals surface area contributed by atoms with E-state index in [0.717, 1.165) is 21.9 Å². The molecule has 4 aromatic rings. The highest BCUT2D eigenvalue weighted by atomic mass is 32.1. The zero-order chi connectivity index (χ0) is 27.0. The summed E-state index contributed by atoms with van der Waals surface area (Å²) in [7, 11) is 3.15. The number of rotatable bonds is 5. The SMILES string of the molecule is COc1ccc2ccc(OC)c(/C=C3\C(=O)N(c4ccccc4)C(=S)N(c4ccc(C)c(C)c4)C3=O)c2c1. The van der Waals surface area contributed by atoms with Crippen molar-refractivity contribution in [2.75, 3.05) is 24.0 Å². The highest BCUT2D eigenvalue weighted by Gasteiger charge is 2.41. The lowest BCUT2D eigenvalue weighted by Gasteiger charge is -2.36. The van der Waals surface area contributed by atoms with Gasteiger partial charge in [0.05, 0.1) is 25.6 Å². The summed E-state index contributed by atoms with van der Waals surface area (Å²) in [4.78, 5) is 30.8. The van der Waals surface area contributed by atoms with Crippen molar-refractivity contribution in [3.63, 3.8) is 0 Å². The third-order valence-electron chi connectivity index (χ3n) is 6.75. The number of amides is 2. The standard InChI is InChI=1S/C31H26N2O4S/c1-19-10-13-23(16-20(19)2)33-30(35)27(29(34)32(31(33)38)22-8-6-5-7-9-22)18-26-25-17-24(36-3)14-11-21(25)12-15-28(26)37-4/h5-18H,1-4H3/b27-18+. The fraction of sp³-hybridized carbons (Fsp3) is 0.129. The van der Waals surface area contributed by atoms with E-state index in [0.29, 0.717) is 28.4 Å². The fourth-order valence-corrected chi connectivity index (χ4v) is 4.90. The van der Waals surface area contributed by atoms with Gasteiger partial charge in [-0.1, -0.05) is 36.4 Å². The van der Waals surface area contributed by atoms with Gasteiger partial charge in [0.25, 0.3) is 11.8 Å². The first-order valence-corrected chi connectivity index (χ1v) is 12.5. The minimum absolute atomic E-state index is 0.0331. The number of aryl methyl sites for hydroxylation is 2. The molecule has 0 atom stereocenters. The van der Waals surface area contributed by atoms with Crippen LogP contribution in [0.4, 0.5) is 11.4 Å². The molecule has 0 spiro atoms. The number of fused-ring (bicyclic) bond motifs is 1. The summed E-state index contributed by atoms with van der Waals surface area (Å²) >= 11 is 5.76. The molecule has 4 aromatic carbocycles. The Kier molecular flexibility index (Phi) is 6.70. The Balaban J connectivity index is 1.76. The van der Waals surface area contributed by atoms with E-state index in [2.05, 4.69) is 0 Å². The molecular weight excluding hydrogens is 496 g/mol. The minimum Gasteiger partial charge on any atom is -0.497 e. The van der Waals surface area contributed by atoms with Gasteiger partial charge >= 0.3 is 0 Å². The second-order valence-electron chi connectivity index (χ2n) is 8.99. The predicted octanol–water partition coefficient (Wildman–Crippen LogP) is 6.22. The molecule has 0 unspecified atom stereocenters. The first-order valence-electron chi connectivity index (χ1n) is 12.1. The molecule has 1 aliphatic rings. The van der Waals surface area contributed by atoms with Gasteiger partial charge in [-0.3, -0.25) is 19.4 Å². The second-order valence-corrected chi connectivity index (χ2v) is 9.36. The van der Waals surface area contributed by atoms with Crippen molar-refractivity contribution in [3.05, 3.63) is 101 Å². The number of hydrogen-bond acceptors (Lipinski definition) is 5. The summed E-state index contributed by atoms with van der Waals surface area (Å²) in [6, 6.07) is 24.2. The molecule has 0 bridgehead atoms. The number of thiocarbonyl (C=S) groups is 1. The van der Waals surface area contributed by atoms with Crippen LogP contribution < -0.4 is 19.3 Å². The molecule has 0 aromatic heterocycles. The van der Waals surface area contributed by atoms with Crippen LogP contribution in [-0.2, 0) is 9.59 Å². The van der Waals surface area contributed by atoms with E-state index >= 15 is 0 Å². The van der Waals surface area contributed by atoms with Gasteiger partial charge in [0.1, 0.15) is 17.1 Å². The average molecular weight is 523 g/mol. The molecular formula is C31H26N2O4S. The molecule has 1 aliphatic heterocycles. The summed E-state index contributed by atoms with van der Waals surface area (Å²) in [6.45, 7) is 3.98. The summed E-state index contributed by atoms with van der Waals surface area (Å²) in [6.07, 6.45) is 1.59. The molecule has 1 fully saturated rings. The Morgan fingerprint density at radius 2 is 1.42 bits per heavy atom. The van der Waals surface area contributed by atoms with Crippen molar-refractivity contribution >= 4 is 57.4 Å². The van der Waals surface area contributed by atoms with E-state index in [-0.39, 0.29) is 10.7 Å². The molecule has 0 aliphatic carbocycles. The lowest BCUT2D eigenvalue weighted by atomic mass is 9.98. The van der Waals surface area contributed by atoms with Crippen LogP contribution in [-0.4, -0.2) is 31.1 Å². The monoisotopic (exact) mass is 522 g/mol. The lowest BCUT2D eigenvalue weighted by Crippen LogP contribution is -2.57. The maximum Gasteiger partial charge on any atom is 0.270 e. The topological polar surface area (TPSA) is 59.1 Å². The lowest BCUT2D eigenvalue weighted by molar-refractivity contribution is -0.120. The number of carbonyl (C=O) groups excluding carboxylic acids is 2. The van der Waals surface area contributed by atoms with Crippen LogP contribution in [0, 0.1) is 13.8 Å². The number of nitrogens with zero attached hydrogens (tertiary/aromatic N) is 2. The smallest absolute Gasteiger partial charge is 0.270 e. The Morgan fingerprint density at radius 1 is 0.737 bits per heavy atom. The number of ether oxygens (including phenoxy) is 2. The molecule has 2 amide bonds. The van der Waals surface area contributed by atoms with Crippen LogP contribution in [0.3, 0.4) is 0 Å². The van der Waals surface area contributed by atoms with E-state index in [1.54, 1.807) is 32.4 Å². The van der Waals surface area contributed by atoms with Gasteiger partial charge in [-0.15, -0.1) is 0 Å². The van der Waals surface area contributed by atoms with Gasteiger partial charge < -0.3 is 9.47 Å². The van der Waals surface area contributed by atoms with Gasteiger partial charge in [-0.2, -0.15) is 0 Å². The Hall–Kier alpha value is -4.49. The van der Waals surface area contributed by atoms with E-state index in [1.165, 1.54) is 9.80 Å². The number of benzene rings is 4. The summed E-state index contributed by atoms with van der Waals surface area (Å²) in [5, 5.41) is 1.79. The summed E-state index contributed by atoms with van der Waals surface area (Å²) in [5.74, 6) is 0.164. The van der Waals surface area contributed by atoms with E-state index in [9.17, 15) is 9.59 Å². The maximum atomic E-state index is 14.0. The molecule has 1 heterocycles. The molecule has 6 nitrogen and oxygen atoms in total. The quantitative estimate of drug-likeness (QED) is 0.177. The van der Waals surface area contributed by atoms with Crippen LogP contribution in [0.2, 0.25) is 0 Å². The molecule has 190 valence electrons. The molecule has 0 radical (unpaired) electrons. The van der Waals surface area contributed by atoms with Crippen molar-refractivity contribution in [1.29, 1.82) is 0 Å². The Morgan fingerprint density at radius 3 is 2.08 bits per heavy atom. The third-order valence-corrected chi connectivity index (χ3v) is 7.12. The number of carbonyl (C=O) groups is 2. The third kappa shape index (κ3) is 4.31. The van der Waals surface area contributed by atoms with Crippen LogP contribution in [0.1, 0.15) is 16.7 Å². The molecule has 0 saturated carbocycles. The average Bonchev–Trinajstić information content (AvgIpc) is 2.93. The maximum absolute atomic E-state index is 14.0. The van der Waals surface area contributed by atoms with Crippen LogP contribution in [0.15, 0.2) is 84.4 Å². The van der Waals surface area contributed by atoms with Crippen molar-refractivity contribution in [1.82, 2.24) is 0 Å². The summed E-state index contributed by atoms with van der Waals surface area (Å²) in [5.41, 5.74) is 3.82. The number of methoxy groups -OCH3 is 2. The normalized spacial score (nSPS) is 14.9. The van der Waals surface area contributed by atoms with Gasteiger partial charge in [0.2, 0.25) is 0 Å². The fourth-order valence-electron chi connectivity index (χ4n) is 4.53. The van der Waals surface area contributed by atoms with Crippen LogP contribution in [0.5, 0.6) is 11.5 Å². The Labute approximate surface area is 226 Å². The molecule has 1 saturated heterocycles. The first kappa shape index (κ1) is 25.2. The van der Waals surface area contributed by atoms with E-state index in [4.69, 9.17) is 21.7 Å². The van der Waals surface area contributed by atoms with Gasteiger partial charge in [-0.05, 0) is 96.5 Å².